The first-order valence-corrected chi connectivity index (χ1v) is 26.3. The van der Waals surface area contributed by atoms with Crippen LogP contribution < -0.4 is 31.2 Å². The average Bonchev–Trinajstić information content (AvgIpc) is 4.03. The zero-order chi connectivity index (χ0) is 53.7. The van der Waals surface area contributed by atoms with Crippen molar-refractivity contribution in [3.8, 4) is 17.6 Å². The number of oxime groups is 2. The molecule has 0 fully saturated rings. The fourth-order valence-corrected chi connectivity index (χ4v) is 7.00. The van der Waals surface area contributed by atoms with Gasteiger partial charge in [0.05, 0.1) is 57.2 Å². The van der Waals surface area contributed by atoms with Gasteiger partial charge >= 0.3 is 0 Å². The number of aryl methyl sites for hydroxylation is 6. The summed E-state index contributed by atoms with van der Waals surface area (Å²) in [6, 6.07) is 10.1. The third-order valence-corrected chi connectivity index (χ3v) is 10.9. The van der Waals surface area contributed by atoms with Crippen LogP contribution in [0.5, 0.6) is 17.6 Å². The molecule has 1 unspecified atom stereocenters. The zero-order valence-corrected chi connectivity index (χ0v) is 48.3. The van der Waals surface area contributed by atoms with Gasteiger partial charge in [-0.3, -0.25) is 19.4 Å². The lowest BCUT2D eigenvalue weighted by Gasteiger charge is -2.20. The molecule has 0 spiro atoms. The van der Waals surface area contributed by atoms with Crippen LogP contribution in [0.3, 0.4) is 0 Å². The number of amidine groups is 3. The molecule has 74 heavy (non-hydrogen) atoms. The third kappa shape index (κ3) is 19.8. The summed E-state index contributed by atoms with van der Waals surface area (Å²) in [7, 11) is 5.54. The standard InChI is InChI=1S/C14H15BrN4O4.C14H15BrN4O3.C7H8BrN3O2.C7H8BrNO2.CH3PS.2CH4/c1-7-12(23-8(2)17-7)11(20)6-22-19-13(16)10-5-4-9(15)14(18-10)21-3;1-7-12(22-8(2)16-7)11-6-21-19-13(17-11)10-5-4-9(15)14(18-10)20-3;1-13-7-4(8)2-3-5(10-7)6(9)11-12;1-4-7(6(10)3-8)11-5(2)9-4;1-2-3;;/h4-5H,6H2,1-3H3,(H2,16,19);4-5,11H,6H2,1-3H3,(H,17,19);2-3,12H,1H3,(H2,9,11);3H2,1-2H3;1H3;2*1H4. The van der Waals surface area contributed by atoms with Crippen molar-refractivity contribution in [1.29, 1.82) is 0 Å². The normalized spacial score (nSPS) is 12.6. The van der Waals surface area contributed by atoms with Gasteiger partial charge in [0, 0.05) is 20.8 Å². The van der Waals surface area contributed by atoms with E-state index in [9.17, 15) is 9.59 Å². The first kappa shape index (κ1) is 66.2. The molecule has 0 amide bonds. The lowest BCUT2D eigenvalue weighted by molar-refractivity contribution is 0.0574. The summed E-state index contributed by atoms with van der Waals surface area (Å²) in [5.74, 6) is 4.08. The number of nitrogens with one attached hydrogen (secondary N) is 1. The van der Waals surface area contributed by atoms with Crippen LogP contribution in [0.25, 0.3) is 0 Å². The topological polar surface area (TPSA) is 318 Å². The second-order valence-corrected chi connectivity index (χ2v) is 18.4. The number of hydroxylamine groups is 1. The van der Waals surface area contributed by atoms with Gasteiger partial charge in [0.25, 0.3) is 0 Å². The first-order chi connectivity index (χ1) is 34.2. The minimum atomic E-state index is -0.374. The number of rotatable bonds is 13. The summed E-state index contributed by atoms with van der Waals surface area (Å²) >= 11 is 17.3. The largest absolute Gasteiger partial charge is 0.480 e. The molecule has 0 bridgehead atoms. The Morgan fingerprint density at radius 3 is 1.61 bits per heavy atom. The Bertz CT molecular complexity index is 2900. The van der Waals surface area contributed by atoms with Crippen LogP contribution in [0.1, 0.15) is 99.6 Å². The van der Waals surface area contributed by atoms with Gasteiger partial charge in [-0.15, -0.1) is 0 Å². The summed E-state index contributed by atoms with van der Waals surface area (Å²) in [4.78, 5) is 62.8. The molecule has 1 atom stereocenters. The molecule has 1 aliphatic rings. The molecule has 1 aliphatic heterocycles. The third-order valence-electron chi connectivity index (χ3n) is 8.63. The number of alkyl halides is 1. The Morgan fingerprint density at radius 2 is 1.18 bits per heavy atom. The number of aromatic nitrogens is 6. The fourth-order valence-electron chi connectivity index (χ4n) is 5.60. The van der Waals surface area contributed by atoms with Gasteiger partial charge in [-0.25, -0.2) is 35.4 Å². The van der Waals surface area contributed by atoms with Gasteiger partial charge in [0.1, 0.15) is 29.7 Å². The minimum absolute atomic E-state index is 0. The second kappa shape index (κ2) is 33.2. The molecule has 6 N–H and O–H groups in total. The number of hydrogen-bond donors (Lipinski definition) is 4. The number of ketones is 2. The van der Waals surface area contributed by atoms with Crippen molar-refractivity contribution in [3.05, 3.63) is 119 Å². The molecule has 0 saturated heterocycles. The monoisotopic (exact) mass is 1320 g/mol. The van der Waals surface area contributed by atoms with E-state index in [0.717, 1.165) is 17.5 Å². The van der Waals surface area contributed by atoms with Crippen LogP contribution in [0.4, 0.5) is 0 Å². The molecular formula is C45H57Br4N12O11PS. The quantitative estimate of drug-likeness (QED) is 0.0159. The smallest absolute Gasteiger partial charge is 0.240 e. The minimum Gasteiger partial charge on any atom is -0.480 e. The van der Waals surface area contributed by atoms with E-state index in [4.69, 9.17) is 53.8 Å². The average molecular weight is 1320 g/mol. The predicted molar refractivity (Wildman–Crippen MR) is 297 cm³/mol. The van der Waals surface area contributed by atoms with E-state index in [0.29, 0.717) is 96.7 Å². The van der Waals surface area contributed by atoms with E-state index < -0.39 is 0 Å². The Labute approximate surface area is 468 Å². The van der Waals surface area contributed by atoms with E-state index in [1.54, 1.807) is 59.1 Å². The summed E-state index contributed by atoms with van der Waals surface area (Å²) < 4.78 is 33.3. The maximum atomic E-state index is 11.9. The number of hydrogen-bond acceptors (Lipinski definition) is 22. The highest BCUT2D eigenvalue weighted by Gasteiger charge is 2.25. The number of aliphatic imine (C=N–C) groups is 1. The number of ether oxygens (including phenoxy) is 3. The van der Waals surface area contributed by atoms with Gasteiger partial charge in [0.15, 0.2) is 59.1 Å². The zero-order valence-electron chi connectivity index (χ0n) is 40.2. The van der Waals surface area contributed by atoms with Crippen molar-refractivity contribution >= 4 is 112 Å². The molecule has 402 valence electrons. The Balaban J connectivity index is 0.000000499. The number of methoxy groups -OCH3 is 3. The summed E-state index contributed by atoms with van der Waals surface area (Å²) in [6.45, 7) is 12.5. The molecule has 0 radical (unpaired) electrons. The van der Waals surface area contributed by atoms with Crippen LogP contribution in [0.2, 0.25) is 0 Å². The summed E-state index contributed by atoms with van der Waals surface area (Å²) in [5.41, 5.74) is 17.2. The van der Waals surface area contributed by atoms with Crippen molar-refractivity contribution < 1.29 is 51.9 Å². The van der Waals surface area contributed by atoms with Crippen molar-refractivity contribution in [3.63, 3.8) is 0 Å². The molecule has 0 aliphatic carbocycles. The SMILES string of the molecule is C.C.COc1nc(/C(N)=N/O)ccc1Br.COc1nc(/C(N)=N/OCC(=O)c2oc(C)nc2C)ccc1Br.COc1nc(C2=NC(c3oc(C)nc3C)CON2)ccc1Br.CP=S.Cc1nc(C)c(C(=O)CBr)o1. The Hall–Kier alpha value is -5.77. The van der Waals surface area contributed by atoms with Crippen LogP contribution in [0, 0.1) is 41.5 Å². The van der Waals surface area contributed by atoms with E-state index in [1.807, 2.05) is 32.6 Å². The van der Waals surface area contributed by atoms with E-state index in [-0.39, 0.29) is 61.8 Å². The van der Waals surface area contributed by atoms with Crippen LogP contribution in [-0.2, 0) is 21.5 Å². The van der Waals surface area contributed by atoms with E-state index in [1.165, 1.54) is 14.2 Å². The van der Waals surface area contributed by atoms with Crippen LogP contribution >= 0.6 is 71.1 Å². The maximum Gasteiger partial charge on any atom is 0.240 e. The molecule has 7 rings (SSSR count). The van der Waals surface area contributed by atoms with Crippen molar-refractivity contribution in [2.45, 2.75) is 62.4 Å². The number of halogens is 4. The predicted octanol–water partition coefficient (Wildman–Crippen LogP) is 9.57. The molecule has 29 heteroatoms. The van der Waals surface area contributed by atoms with Crippen LogP contribution in [-0.4, -0.2) is 111 Å². The number of carbonyl (C=O) groups excluding carboxylic acids is 2. The molecule has 0 saturated carbocycles. The highest BCUT2D eigenvalue weighted by Crippen LogP contribution is 2.27. The second-order valence-electron chi connectivity index (χ2n) is 13.8. The van der Waals surface area contributed by atoms with Crippen LogP contribution in [0.15, 0.2) is 78.4 Å². The lowest BCUT2D eigenvalue weighted by atomic mass is 10.2. The maximum absolute atomic E-state index is 11.9. The Kier molecular flexibility index (Phi) is 29.7. The van der Waals surface area contributed by atoms with Crippen molar-refractivity contribution in [2.24, 2.45) is 26.8 Å². The van der Waals surface area contributed by atoms with Crippen molar-refractivity contribution in [1.82, 2.24) is 35.4 Å². The number of oxazole rings is 3. The number of nitrogens with two attached hydrogens (primary N) is 2. The van der Waals surface area contributed by atoms with Gasteiger partial charge in [-0.05, 0) is 119 Å². The first-order valence-electron chi connectivity index (χ1n) is 20.4. The molecule has 7 heterocycles. The molecule has 0 aromatic carbocycles. The van der Waals surface area contributed by atoms with E-state index in [2.05, 4.69) is 126 Å². The van der Waals surface area contributed by atoms with Gasteiger partial charge in [0.2, 0.25) is 29.2 Å². The summed E-state index contributed by atoms with van der Waals surface area (Å²) in [5, 5.41) is 15.2. The van der Waals surface area contributed by atoms with E-state index >= 15 is 0 Å². The number of carbonyl (C=O) groups is 2. The number of nitrogens with zero attached hydrogens (tertiary/aromatic N) is 9. The molecular weight excluding hydrogens is 1270 g/mol. The molecule has 6 aromatic heterocycles. The van der Waals surface area contributed by atoms with Gasteiger partial charge in [-0.1, -0.05) is 52.9 Å². The number of pyridine rings is 3. The molecule has 6 aromatic rings. The fraction of sp³-hybridized carbons (Fsp3) is 0.356. The van der Waals surface area contributed by atoms with Gasteiger partial charge < -0.3 is 49.0 Å². The lowest BCUT2D eigenvalue weighted by Crippen LogP contribution is -2.33. The van der Waals surface area contributed by atoms with Crippen molar-refractivity contribution in [2.75, 3.05) is 46.5 Å². The summed E-state index contributed by atoms with van der Waals surface area (Å²) in [6.07, 6.45) is 0. The highest BCUT2D eigenvalue weighted by atomic mass is 79.9. The Morgan fingerprint density at radius 1 is 0.730 bits per heavy atom. The molecule has 23 nitrogen and oxygen atoms in total. The number of Topliss-reactive ketones (excluding diaryl/α,β-unsaturated/α-hetero) is 2. The van der Waals surface area contributed by atoms with Gasteiger partial charge in [-0.2, -0.15) is 0 Å². The highest BCUT2D eigenvalue weighted by molar-refractivity contribution is 9.11.